The molecule has 0 bridgehead atoms. The van der Waals surface area contributed by atoms with Crippen molar-refractivity contribution in [2.75, 3.05) is 18.5 Å². The summed E-state index contributed by atoms with van der Waals surface area (Å²) in [6, 6.07) is 5.62. The Hall–Kier alpha value is -2.41. The molecule has 6 nitrogen and oxygen atoms in total. The number of rotatable bonds is 4. The second-order valence-corrected chi connectivity index (χ2v) is 5.41. The number of hydrogen-bond acceptors (Lipinski definition) is 3. The molecule has 1 aliphatic rings. The van der Waals surface area contributed by atoms with Crippen LogP contribution in [0, 0.1) is 5.82 Å². The highest BCUT2D eigenvalue weighted by Crippen LogP contribution is 2.20. The number of fused-ring (bicyclic) bond motifs is 1. The number of carbonyl (C=O) groups excluding carboxylic acids is 1. The Balaban J connectivity index is 1.54. The summed E-state index contributed by atoms with van der Waals surface area (Å²) in [6.45, 7) is 1.71. The van der Waals surface area contributed by atoms with Gasteiger partial charge in [0.05, 0.1) is 24.6 Å². The SMILES string of the molecule is Cn1nc(CCNC(=O)Nc2ccccc2F)c2c1CCOC2. The predicted molar refractivity (Wildman–Crippen MR) is 83.7 cm³/mol. The van der Waals surface area contributed by atoms with Crippen LogP contribution in [0.5, 0.6) is 0 Å². The molecule has 0 fully saturated rings. The summed E-state index contributed by atoms with van der Waals surface area (Å²) in [5.74, 6) is -0.460. The lowest BCUT2D eigenvalue weighted by atomic mass is 10.1. The van der Waals surface area contributed by atoms with Crippen LogP contribution in [0.25, 0.3) is 0 Å². The van der Waals surface area contributed by atoms with E-state index in [0.717, 1.165) is 24.3 Å². The van der Waals surface area contributed by atoms with Gasteiger partial charge in [0, 0.05) is 37.7 Å². The number of carbonyl (C=O) groups is 1. The van der Waals surface area contributed by atoms with Gasteiger partial charge in [0.1, 0.15) is 5.82 Å². The van der Waals surface area contributed by atoms with E-state index in [1.54, 1.807) is 12.1 Å². The van der Waals surface area contributed by atoms with Gasteiger partial charge in [0.2, 0.25) is 0 Å². The fraction of sp³-hybridized carbons (Fsp3) is 0.375. The molecule has 0 unspecified atom stereocenters. The summed E-state index contributed by atoms with van der Waals surface area (Å²) in [6.07, 6.45) is 1.47. The Kier molecular flexibility index (Phi) is 4.57. The van der Waals surface area contributed by atoms with Crippen LogP contribution in [0.1, 0.15) is 17.0 Å². The molecule has 2 aromatic rings. The lowest BCUT2D eigenvalue weighted by Gasteiger charge is -2.13. The van der Waals surface area contributed by atoms with Crippen molar-refractivity contribution in [1.82, 2.24) is 15.1 Å². The van der Waals surface area contributed by atoms with Crippen LogP contribution in [0.15, 0.2) is 24.3 Å². The first-order chi connectivity index (χ1) is 11.1. The lowest BCUT2D eigenvalue weighted by Crippen LogP contribution is -2.31. The van der Waals surface area contributed by atoms with Gasteiger partial charge < -0.3 is 15.4 Å². The fourth-order valence-electron chi connectivity index (χ4n) is 2.71. The molecule has 2 amide bonds. The quantitative estimate of drug-likeness (QED) is 0.906. The summed E-state index contributed by atoms with van der Waals surface area (Å²) in [7, 11) is 1.92. The Bertz CT molecular complexity index is 714. The largest absolute Gasteiger partial charge is 0.376 e. The minimum atomic E-state index is -0.460. The molecule has 0 radical (unpaired) electrons. The summed E-state index contributed by atoms with van der Waals surface area (Å²) in [5, 5.41) is 9.70. The zero-order valence-corrected chi connectivity index (χ0v) is 12.9. The Morgan fingerprint density at radius 1 is 1.43 bits per heavy atom. The molecule has 1 aromatic heterocycles. The molecule has 7 heteroatoms. The minimum Gasteiger partial charge on any atom is -0.376 e. The van der Waals surface area contributed by atoms with Crippen molar-refractivity contribution in [3.05, 3.63) is 47.0 Å². The van der Waals surface area contributed by atoms with Crippen LogP contribution in [-0.2, 0) is 31.2 Å². The van der Waals surface area contributed by atoms with E-state index in [1.165, 1.54) is 17.8 Å². The van der Waals surface area contributed by atoms with Crippen LogP contribution in [0.2, 0.25) is 0 Å². The number of amides is 2. The van der Waals surface area contributed by atoms with Gasteiger partial charge in [-0.15, -0.1) is 0 Å². The highest BCUT2D eigenvalue weighted by atomic mass is 19.1. The van der Waals surface area contributed by atoms with E-state index < -0.39 is 11.8 Å². The van der Waals surface area contributed by atoms with Crippen molar-refractivity contribution in [3.8, 4) is 0 Å². The number of aryl methyl sites for hydroxylation is 1. The summed E-state index contributed by atoms with van der Waals surface area (Å²) < 4.78 is 20.8. The van der Waals surface area contributed by atoms with Gasteiger partial charge in [-0.25, -0.2) is 9.18 Å². The third-order valence-corrected chi connectivity index (χ3v) is 3.86. The van der Waals surface area contributed by atoms with Crippen LogP contribution < -0.4 is 10.6 Å². The number of nitrogens with zero attached hydrogens (tertiary/aromatic N) is 2. The smallest absolute Gasteiger partial charge is 0.319 e. The number of para-hydroxylation sites is 1. The average Bonchev–Trinajstić information content (AvgIpc) is 2.87. The number of halogens is 1. The average molecular weight is 318 g/mol. The maximum atomic E-state index is 13.5. The van der Waals surface area contributed by atoms with Crippen molar-refractivity contribution in [2.24, 2.45) is 7.05 Å². The molecule has 2 heterocycles. The molecule has 3 rings (SSSR count). The molecular weight excluding hydrogens is 299 g/mol. The highest BCUT2D eigenvalue weighted by molar-refractivity contribution is 5.89. The first-order valence-electron chi connectivity index (χ1n) is 7.56. The van der Waals surface area contributed by atoms with E-state index >= 15 is 0 Å². The van der Waals surface area contributed by atoms with Crippen LogP contribution in [-0.4, -0.2) is 29.0 Å². The molecular formula is C16H19FN4O2. The number of urea groups is 1. The van der Waals surface area contributed by atoms with Gasteiger partial charge in [-0.1, -0.05) is 12.1 Å². The zero-order chi connectivity index (χ0) is 16.2. The molecule has 1 aromatic carbocycles. The van der Waals surface area contributed by atoms with Crippen LogP contribution in [0.3, 0.4) is 0 Å². The first kappa shape index (κ1) is 15.5. The number of hydrogen-bond donors (Lipinski definition) is 2. The van der Waals surface area contributed by atoms with Crippen molar-refractivity contribution in [2.45, 2.75) is 19.4 Å². The topological polar surface area (TPSA) is 68.2 Å². The number of benzene rings is 1. The van der Waals surface area contributed by atoms with E-state index in [4.69, 9.17) is 4.74 Å². The molecule has 0 atom stereocenters. The summed E-state index contributed by atoms with van der Waals surface area (Å²) >= 11 is 0. The Morgan fingerprint density at radius 2 is 2.26 bits per heavy atom. The normalized spacial score (nSPS) is 13.5. The molecule has 0 spiro atoms. The Morgan fingerprint density at radius 3 is 3.09 bits per heavy atom. The molecule has 23 heavy (non-hydrogen) atoms. The minimum absolute atomic E-state index is 0.161. The third-order valence-electron chi connectivity index (χ3n) is 3.86. The van der Waals surface area contributed by atoms with E-state index in [2.05, 4.69) is 15.7 Å². The molecule has 2 N–H and O–H groups in total. The van der Waals surface area contributed by atoms with E-state index in [1.807, 2.05) is 11.7 Å². The zero-order valence-electron chi connectivity index (χ0n) is 12.9. The van der Waals surface area contributed by atoms with Gasteiger partial charge in [0.15, 0.2) is 0 Å². The lowest BCUT2D eigenvalue weighted by molar-refractivity contribution is 0.108. The fourth-order valence-corrected chi connectivity index (χ4v) is 2.71. The monoisotopic (exact) mass is 318 g/mol. The van der Waals surface area contributed by atoms with Gasteiger partial charge in [0.25, 0.3) is 0 Å². The predicted octanol–water partition coefficient (Wildman–Crippen LogP) is 2.00. The highest BCUT2D eigenvalue weighted by Gasteiger charge is 2.19. The number of ether oxygens (including phenoxy) is 1. The molecule has 0 aliphatic carbocycles. The molecule has 122 valence electrons. The van der Waals surface area contributed by atoms with Crippen molar-refractivity contribution in [1.29, 1.82) is 0 Å². The van der Waals surface area contributed by atoms with Crippen molar-refractivity contribution < 1.29 is 13.9 Å². The van der Waals surface area contributed by atoms with Gasteiger partial charge in [-0.3, -0.25) is 4.68 Å². The summed E-state index contributed by atoms with van der Waals surface area (Å²) in [5.41, 5.74) is 3.42. The standard InChI is InChI=1S/C16H19FN4O2/c1-21-15-7-9-23-10-11(15)13(20-21)6-8-18-16(22)19-14-5-3-2-4-12(14)17/h2-5H,6-10H2,1H3,(H2,18,19,22). The molecule has 0 saturated carbocycles. The second kappa shape index (κ2) is 6.78. The maximum Gasteiger partial charge on any atom is 0.319 e. The maximum absolute atomic E-state index is 13.5. The first-order valence-corrected chi connectivity index (χ1v) is 7.56. The second-order valence-electron chi connectivity index (χ2n) is 5.41. The Labute approximate surface area is 133 Å². The summed E-state index contributed by atoms with van der Waals surface area (Å²) in [4.78, 5) is 11.8. The van der Waals surface area contributed by atoms with E-state index in [-0.39, 0.29) is 5.69 Å². The van der Waals surface area contributed by atoms with Crippen molar-refractivity contribution in [3.63, 3.8) is 0 Å². The number of nitrogens with one attached hydrogen (secondary N) is 2. The van der Waals surface area contributed by atoms with Crippen molar-refractivity contribution >= 4 is 11.7 Å². The van der Waals surface area contributed by atoms with Gasteiger partial charge >= 0.3 is 6.03 Å². The number of aromatic nitrogens is 2. The molecule has 1 aliphatic heterocycles. The van der Waals surface area contributed by atoms with Crippen LogP contribution >= 0.6 is 0 Å². The van der Waals surface area contributed by atoms with Crippen LogP contribution in [0.4, 0.5) is 14.9 Å². The van der Waals surface area contributed by atoms with E-state index in [0.29, 0.717) is 19.6 Å². The van der Waals surface area contributed by atoms with Gasteiger partial charge in [-0.2, -0.15) is 5.10 Å². The van der Waals surface area contributed by atoms with E-state index in [9.17, 15) is 9.18 Å². The third kappa shape index (κ3) is 3.50. The molecule has 0 saturated heterocycles. The number of anilines is 1. The van der Waals surface area contributed by atoms with Gasteiger partial charge in [-0.05, 0) is 12.1 Å².